The van der Waals surface area contributed by atoms with Gasteiger partial charge in [0, 0.05) is 11.4 Å². The van der Waals surface area contributed by atoms with Crippen molar-refractivity contribution in [3.63, 3.8) is 0 Å². The Labute approximate surface area is 90.5 Å². The molecule has 0 amide bonds. The summed E-state index contributed by atoms with van der Waals surface area (Å²) in [5, 5.41) is 9.56. The van der Waals surface area contributed by atoms with Crippen molar-refractivity contribution in [3.8, 4) is 0 Å². The Hall–Kier alpha value is -0.740. The normalized spacial score (nSPS) is 13.9. The molecule has 0 saturated heterocycles. The molecule has 0 fully saturated rings. The summed E-state index contributed by atoms with van der Waals surface area (Å²) >= 11 is 5.75. The van der Waals surface area contributed by atoms with Crippen molar-refractivity contribution in [1.29, 1.82) is 0 Å². The lowest BCUT2D eigenvalue weighted by atomic mass is 10.1. The second kappa shape index (κ2) is 4.86. The van der Waals surface area contributed by atoms with Crippen LogP contribution in [0, 0.1) is 0 Å². The monoisotopic (exact) mass is 238 g/mol. The second-order valence-corrected chi connectivity index (χ2v) is 3.68. The van der Waals surface area contributed by atoms with Crippen molar-refractivity contribution in [2.75, 3.05) is 0 Å². The number of aliphatic hydroxyl groups excluding tert-OH is 1. The van der Waals surface area contributed by atoms with Crippen molar-refractivity contribution >= 4 is 11.6 Å². The van der Waals surface area contributed by atoms with Crippen LogP contribution in [0.15, 0.2) is 24.3 Å². The maximum absolute atomic E-state index is 11.9. The van der Waals surface area contributed by atoms with Gasteiger partial charge in [-0.15, -0.1) is 0 Å². The molecular weight excluding hydrogens is 229 g/mol. The number of benzene rings is 1. The fraction of sp³-hybridized carbons (Fsp3) is 0.400. The van der Waals surface area contributed by atoms with Crippen LogP contribution in [0.5, 0.6) is 0 Å². The van der Waals surface area contributed by atoms with Gasteiger partial charge in [0.2, 0.25) is 0 Å². The summed E-state index contributed by atoms with van der Waals surface area (Å²) in [6, 6.07) is 6.53. The predicted molar refractivity (Wildman–Crippen MR) is 51.8 cm³/mol. The van der Waals surface area contributed by atoms with E-state index in [1.165, 1.54) is 0 Å². The van der Waals surface area contributed by atoms with Gasteiger partial charge in [0.15, 0.2) is 0 Å². The third kappa shape index (κ3) is 4.53. The van der Waals surface area contributed by atoms with Gasteiger partial charge >= 0.3 is 6.18 Å². The number of aliphatic hydroxyl groups is 1. The lowest BCUT2D eigenvalue weighted by Crippen LogP contribution is -2.21. The lowest BCUT2D eigenvalue weighted by Gasteiger charge is -2.13. The average molecular weight is 239 g/mol. The zero-order chi connectivity index (χ0) is 11.5. The minimum atomic E-state index is -4.35. The summed E-state index contributed by atoms with van der Waals surface area (Å²) in [7, 11) is 0. The summed E-state index contributed by atoms with van der Waals surface area (Å²) in [6.07, 6.45) is -7.08. The van der Waals surface area contributed by atoms with Crippen molar-refractivity contribution in [2.24, 2.45) is 0 Å². The zero-order valence-electron chi connectivity index (χ0n) is 7.76. The second-order valence-electron chi connectivity index (χ2n) is 3.27. The lowest BCUT2D eigenvalue weighted by molar-refractivity contribution is -0.153. The maximum Gasteiger partial charge on any atom is 0.391 e. The molecule has 1 aromatic carbocycles. The molecule has 1 atom stereocenters. The van der Waals surface area contributed by atoms with Crippen LogP contribution in [-0.2, 0) is 6.42 Å². The molecule has 5 heteroatoms. The fourth-order valence-electron chi connectivity index (χ4n) is 1.26. The first-order chi connectivity index (χ1) is 6.88. The summed E-state index contributed by atoms with van der Waals surface area (Å²) in [6.45, 7) is 0. The largest absolute Gasteiger partial charge is 0.392 e. The SMILES string of the molecule is OC(Cc1ccccc1Cl)CC(F)(F)F. The highest BCUT2D eigenvalue weighted by Gasteiger charge is 2.31. The number of halogens is 4. The molecule has 0 heterocycles. The van der Waals surface area contributed by atoms with Crippen molar-refractivity contribution in [3.05, 3.63) is 34.9 Å². The van der Waals surface area contributed by atoms with Gasteiger partial charge in [-0.05, 0) is 11.6 Å². The highest BCUT2D eigenvalue weighted by atomic mass is 35.5. The third-order valence-electron chi connectivity index (χ3n) is 1.88. The minimum Gasteiger partial charge on any atom is -0.392 e. The molecule has 0 saturated carbocycles. The molecule has 0 bridgehead atoms. The topological polar surface area (TPSA) is 20.2 Å². The molecule has 1 unspecified atom stereocenters. The Morgan fingerprint density at radius 2 is 1.87 bits per heavy atom. The third-order valence-corrected chi connectivity index (χ3v) is 2.25. The van der Waals surface area contributed by atoms with Gasteiger partial charge in [0.25, 0.3) is 0 Å². The van der Waals surface area contributed by atoms with Gasteiger partial charge in [-0.25, -0.2) is 0 Å². The van der Waals surface area contributed by atoms with Crippen LogP contribution in [0.2, 0.25) is 5.02 Å². The number of hydrogen-bond acceptors (Lipinski definition) is 1. The summed E-state index contributed by atoms with van der Waals surface area (Å²) in [4.78, 5) is 0. The molecule has 1 nitrogen and oxygen atoms in total. The summed E-state index contributed by atoms with van der Waals surface area (Å²) in [5.41, 5.74) is 0.524. The summed E-state index contributed by atoms with van der Waals surface area (Å²) < 4.78 is 35.7. The van der Waals surface area contributed by atoms with E-state index in [1.54, 1.807) is 24.3 Å². The van der Waals surface area contributed by atoms with E-state index in [0.29, 0.717) is 10.6 Å². The molecule has 1 aromatic rings. The average Bonchev–Trinajstić information content (AvgIpc) is 2.05. The van der Waals surface area contributed by atoms with Crippen molar-refractivity contribution in [1.82, 2.24) is 0 Å². The smallest absolute Gasteiger partial charge is 0.391 e. The molecule has 0 aliphatic carbocycles. The van der Waals surface area contributed by atoms with Gasteiger partial charge in [0.05, 0.1) is 12.5 Å². The zero-order valence-corrected chi connectivity index (χ0v) is 8.52. The van der Waals surface area contributed by atoms with Crippen LogP contribution >= 0.6 is 11.6 Å². The van der Waals surface area contributed by atoms with E-state index in [2.05, 4.69) is 0 Å². The van der Waals surface area contributed by atoms with E-state index in [4.69, 9.17) is 11.6 Å². The highest BCUT2D eigenvalue weighted by Crippen LogP contribution is 2.24. The van der Waals surface area contributed by atoms with Gasteiger partial charge in [-0.1, -0.05) is 29.8 Å². The van der Waals surface area contributed by atoms with Crippen LogP contribution in [0.4, 0.5) is 13.2 Å². The molecule has 84 valence electrons. The first kappa shape index (κ1) is 12.3. The standard InChI is InChI=1S/C10H10ClF3O/c11-9-4-2-1-3-7(9)5-8(15)6-10(12,13)14/h1-4,8,15H,5-6H2. The van der Waals surface area contributed by atoms with Crippen LogP contribution < -0.4 is 0 Å². The highest BCUT2D eigenvalue weighted by molar-refractivity contribution is 6.31. The molecule has 1 rings (SSSR count). The van der Waals surface area contributed by atoms with E-state index in [1.807, 2.05) is 0 Å². The predicted octanol–water partition coefficient (Wildman–Crippen LogP) is 3.20. The van der Waals surface area contributed by atoms with Crippen LogP contribution in [0.1, 0.15) is 12.0 Å². The molecule has 15 heavy (non-hydrogen) atoms. The van der Waals surface area contributed by atoms with Gasteiger partial charge in [0.1, 0.15) is 0 Å². The van der Waals surface area contributed by atoms with E-state index in [-0.39, 0.29) is 6.42 Å². The van der Waals surface area contributed by atoms with Crippen molar-refractivity contribution < 1.29 is 18.3 Å². The Balaban J connectivity index is 2.59. The fourth-order valence-corrected chi connectivity index (χ4v) is 1.47. The number of alkyl halides is 3. The van der Waals surface area contributed by atoms with E-state index < -0.39 is 18.7 Å². The molecule has 0 spiro atoms. The molecule has 0 aromatic heterocycles. The van der Waals surface area contributed by atoms with Crippen molar-refractivity contribution in [2.45, 2.75) is 25.1 Å². The molecular formula is C10H10ClF3O. The van der Waals surface area contributed by atoms with E-state index in [0.717, 1.165) is 0 Å². The summed E-state index contributed by atoms with van der Waals surface area (Å²) in [5.74, 6) is 0. The Morgan fingerprint density at radius 1 is 1.27 bits per heavy atom. The van der Waals surface area contributed by atoms with Crippen LogP contribution in [0.3, 0.4) is 0 Å². The maximum atomic E-state index is 11.9. The Morgan fingerprint density at radius 3 is 2.40 bits per heavy atom. The molecule has 0 aliphatic rings. The Kier molecular flexibility index (Phi) is 3.99. The minimum absolute atomic E-state index is 0.0841. The first-order valence-electron chi connectivity index (χ1n) is 4.37. The van der Waals surface area contributed by atoms with Crippen LogP contribution in [-0.4, -0.2) is 17.4 Å². The van der Waals surface area contributed by atoms with Gasteiger partial charge in [-0.3, -0.25) is 0 Å². The number of hydrogen-bond donors (Lipinski definition) is 1. The Bertz CT molecular complexity index is 325. The van der Waals surface area contributed by atoms with E-state index in [9.17, 15) is 18.3 Å². The molecule has 0 radical (unpaired) electrons. The molecule has 0 aliphatic heterocycles. The van der Waals surface area contributed by atoms with Crippen LogP contribution in [0.25, 0.3) is 0 Å². The van der Waals surface area contributed by atoms with Gasteiger partial charge in [-0.2, -0.15) is 13.2 Å². The molecule has 1 N–H and O–H groups in total. The number of rotatable bonds is 3. The van der Waals surface area contributed by atoms with Gasteiger partial charge < -0.3 is 5.11 Å². The van der Waals surface area contributed by atoms with E-state index >= 15 is 0 Å². The quantitative estimate of drug-likeness (QED) is 0.858. The first-order valence-corrected chi connectivity index (χ1v) is 4.74.